The lowest BCUT2D eigenvalue weighted by Crippen LogP contribution is -2.61. The predicted octanol–water partition coefficient (Wildman–Crippen LogP) is 4.04. The van der Waals surface area contributed by atoms with Crippen LogP contribution in [-0.4, -0.2) is 23.5 Å². The highest BCUT2D eigenvalue weighted by Gasteiger charge is 2.50. The Labute approximate surface area is 133 Å². The minimum absolute atomic E-state index is 0.185. The zero-order valence-corrected chi connectivity index (χ0v) is 14.9. The molecule has 2 nitrogen and oxygen atoms in total. The van der Waals surface area contributed by atoms with Gasteiger partial charge in [-0.3, -0.25) is 4.90 Å². The molecule has 0 spiro atoms. The Morgan fingerprint density at radius 2 is 1.81 bits per heavy atom. The Morgan fingerprint density at radius 1 is 1.14 bits per heavy atom. The second-order valence-corrected chi connectivity index (χ2v) is 9.83. The maximum absolute atomic E-state index is 6.37. The van der Waals surface area contributed by atoms with Crippen LogP contribution in [0, 0.1) is 10.8 Å². The molecule has 0 unspecified atom stereocenters. The molecular formula is C18H30N2S. The summed E-state index contributed by atoms with van der Waals surface area (Å²) in [7, 11) is 0. The Hall–Kier alpha value is -0.380. The van der Waals surface area contributed by atoms with Crippen molar-refractivity contribution in [2.75, 3.05) is 13.1 Å². The van der Waals surface area contributed by atoms with Gasteiger partial charge in [0.15, 0.2) is 0 Å². The number of thiophene rings is 1. The second-order valence-electron chi connectivity index (χ2n) is 8.83. The highest BCUT2D eigenvalue weighted by molar-refractivity contribution is 7.10. The van der Waals surface area contributed by atoms with Crippen LogP contribution in [0.5, 0.6) is 0 Å². The van der Waals surface area contributed by atoms with E-state index in [1.165, 1.54) is 32.2 Å². The summed E-state index contributed by atoms with van der Waals surface area (Å²) >= 11 is 1.92. The number of hydrogen-bond donors (Lipinski definition) is 1. The van der Waals surface area contributed by atoms with Crippen LogP contribution < -0.4 is 5.73 Å². The number of hydrogen-bond acceptors (Lipinski definition) is 3. The summed E-state index contributed by atoms with van der Waals surface area (Å²) in [4.78, 5) is 4.30. The minimum Gasteiger partial charge on any atom is -0.329 e. The summed E-state index contributed by atoms with van der Waals surface area (Å²) in [5.41, 5.74) is 8.86. The molecule has 1 fully saturated rings. The molecule has 1 aliphatic heterocycles. The van der Waals surface area contributed by atoms with Crippen molar-refractivity contribution in [3.63, 3.8) is 0 Å². The largest absolute Gasteiger partial charge is 0.329 e. The first-order chi connectivity index (χ1) is 9.75. The first-order valence-electron chi connectivity index (χ1n) is 8.26. The Balaban J connectivity index is 1.90. The molecule has 2 aliphatic rings. The van der Waals surface area contributed by atoms with Gasteiger partial charge in [0.1, 0.15) is 0 Å². The van der Waals surface area contributed by atoms with Crippen molar-refractivity contribution < 1.29 is 0 Å². The second kappa shape index (κ2) is 5.07. The molecule has 2 N–H and O–H groups in total. The van der Waals surface area contributed by atoms with Gasteiger partial charge in [0.05, 0.1) is 0 Å². The van der Waals surface area contributed by atoms with E-state index in [2.05, 4.69) is 44.0 Å². The first-order valence-corrected chi connectivity index (χ1v) is 9.14. The molecule has 0 radical (unpaired) electrons. The first kappa shape index (κ1) is 15.5. The van der Waals surface area contributed by atoms with E-state index < -0.39 is 0 Å². The van der Waals surface area contributed by atoms with Crippen molar-refractivity contribution >= 4 is 11.3 Å². The van der Waals surface area contributed by atoms with E-state index in [1.807, 2.05) is 11.3 Å². The summed E-state index contributed by atoms with van der Waals surface area (Å²) < 4.78 is 0. The van der Waals surface area contributed by atoms with Crippen molar-refractivity contribution in [2.24, 2.45) is 16.6 Å². The van der Waals surface area contributed by atoms with Gasteiger partial charge in [-0.2, -0.15) is 0 Å². The normalized spacial score (nSPS) is 27.3. The van der Waals surface area contributed by atoms with Crippen molar-refractivity contribution in [3.05, 3.63) is 21.9 Å². The van der Waals surface area contributed by atoms with E-state index in [0.29, 0.717) is 10.8 Å². The SMILES string of the molecule is CC1(C)CC(C)(C)CC(CN)(N2CCc3sccc3C2)C1. The molecule has 3 rings (SSSR count). The molecule has 3 heteroatoms. The Bertz CT molecular complexity index is 499. The number of nitrogens with two attached hydrogens (primary N) is 1. The monoisotopic (exact) mass is 306 g/mol. The van der Waals surface area contributed by atoms with Crippen molar-refractivity contribution in [3.8, 4) is 0 Å². The van der Waals surface area contributed by atoms with Gasteiger partial charge in [-0.05, 0) is 53.5 Å². The molecular weight excluding hydrogens is 276 g/mol. The fourth-order valence-corrected chi connectivity index (χ4v) is 6.30. The van der Waals surface area contributed by atoms with E-state index in [-0.39, 0.29) is 5.54 Å². The third-order valence-corrected chi connectivity index (χ3v) is 6.45. The Kier molecular flexibility index (Phi) is 3.75. The highest BCUT2D eigenvalue weighted by Crippen LogP contribution is 2.52. The standard InChI is InChI=1S/C18H30N2S/c1-16(2)10-17(3,4)12-18(11-16,13-19)20-7-5-15-14(9-20)6-8-21-15/h6,8H,5,7,9-13,19H2,1-4H3. The molecule has 0 aromatic carbocycles. The maximum Gasteiger partial charge on any atom is 0.0345 e. The van der Waals surface area contributed by atoms with Crippen molar-refractivity contribution in [2.45, 2.75) is 65.5 Å². The van der Waals surface area contributed by atoms with Crippen LogP contribution in [0.15, 0.2) is 11.4 Å². The zero-order chi connectivity index (χ0) is 15.3. The molecule has 0 atom stereocenters. The van der Waals surface area contributed by atoms with Crippen LogP contribution >= 0.6 is 11.3 Å². The molecule has 1 aromatic rings. The molecule has 0 saturated heterocycles. The van der Waals surface area contributed by atoms with Gasteiger partial charge in [-0.1, -0.05) is 27.7 Å². The molecule has 1 aliphatic carbocycles. The third kappa shape index (κ3) is 2.93. The van der Waals surface area contributed by atoms with Crippen LogP contribution in [0.3, 0.4) is 0 Å². The fraction of sp³-hybridized carbons (Fsp3) is 0.778. The molecule has 0 bridgehead atoms. The average Bonchev–Trinajstić information content (AvgIpc) is 2.81. The van der Waals surface area contributed by atoms with Crippen LogP contribution in [0.1, 0.15) is 57.4 Å². The number of nitrogens with zero attached hydrogens (tertiary/aromatic N) is 1. The Morgan fingerprint density at radius 3 is 2.43 bits per heavy atom. The van der Waals surface area contributed by atoms with E-state index in [0.717, 1.165) is 13.1 Å². The van der Waals surface area contributed by atoms with Gasteiger partial charge in [-0.15, -0.1) is 11.3 Å². The average molecular weight is 307 g/mol. The van der Waals surface area contributed by atoms with Crippen molar-refractivity contribution in [1.29, 1.82) is 0 Å². The van der Waals surface area contributed by atoms with E-state index in [9.17, 15) is 0 Å². The predicted molar refractivity (Wildman–Crippen MR) is 91.6 cm³/mol. The van der Waals surface area contributed by atoms with Crippen LogP contribution in [0.2, 0.25) is 0 Å². The summed E-state index contributed by atoms with van der Waals surface area (Å²) in [6, 6.07) is 2.31. The molecule has 1 aromatic heterocycles. The number of fused-ring (bicyclic) bond motifs is 1. The molecule has 0 amide bonds. The molecule has 118 valence electrons. The van der Waals surface area contributed by atoms with E-state index >= 15 is 0 Å². The lowest BCUT2D eigenvalue weighted by atomic mass is 9.57. The lowest BCUT2D eigenvalue weighted by molar-refractivity contribution is -0.0498. The summed E-state index contributed by atoms with van der Waals surface area (Å²) in [5, 5.41) is 2.25. The van der Waals surface area contributed by atoms with Gasteiger partial charge in [0.2, 0.25) is 0 Å². The zero-order valence-electron chi connectivity index (χ0n) is 14.0. The van der Waals surface area contributed by atoms with Crippen LogP contribution in [0.25, 0.3) is 0 Å². The molecule has 2 heterocycles. The highest BCUT2D eigenvalue weighted by atomic mass is 32.1. The van der Waals surface area contributed by atoms with Crippen molar-refractivity contribution in [1.82, 2.24) is 4.90 Å². The van der Waals surface area contributed by atoms with E-state index in [1.54, 1.807) is 10.4 Å². The lowest BCUT2D eigenvalue weighted by Gasteiger charge is -2.57. The van der Waals surface area contributed by atoms with Crippen LogP contribution in [0.4, 0.5) is 0 Å². The van der Waals surface area contributed by atoms with Gasteiger partial charge < -0.3 is 5.73 Å². The molecule has 1 saturated carbocycles. The van der Waals surface area contributed by atoms with Gasteiger partial charge >= 0.3 is 0 Å². The molecule has 21 heavy (non-hydrogen) atoms. The third-order valence-electron chi connectivity index (χ3n) is 5.43. The number of rotatable bonds is 2. The summed E-state index contributed by atoms with van der Waals surface area (Å²) in [6.45, 7) is 12.8. The summed E-state index contributed by atoms with van der Waals surface area (Å²) in [5.74, 6) is 0. The maximum atomic E-state index is 6.37. The van der Waals surface area contributed by atoms with Gasteiger partial charge in [-0.25, -0.2) is 0 Å². The van der Waals surface area contributed by atoms with E-state index in [4.69, 9.17) is 5.73 Å². The van der Waals surface area contributed by atoms with Gasteiger partial charge in [0.25, 0.3) is 0 Å². The topological polar surface area (TPSA) is 29.3 Å². The minimum atomic E-state index is 0.185. The summed E-state index contributed by atoms with van der Waals surface area (Å²) in [6.07, 6.45) is 4.98. The fourth-order valence-electron chi connectivity index (χ4n) is 5.41. The smallest absolute Gasteiger partial charge is 0.0345 e. The van der Waals surface area contributed by atoms with Gasteiger partial charge in [0, 0.05) is 30.1 Å². The quantitative estimate of drug-likeness (QED) is 0.893. The van der Waals surface area contributed by atoms with Crippen LogP contribution in [-0.2, 0) is 13.0 Å².